The first-order chi connectivity index (χ1) is 10.0. The summed E-state index contributed by atoms with van der Waals surface area (Å²) in [7, 11) is 2.08. The van der Waals surface area contributed by atoms with E-state index in [1.54, 1.807) is 0 Å². The van der Waals surface area contributed by atoms with Crippen molar-refractivity contribution in [3.05, 3.63) is 17.5 Å². The summed E-state index contributed by atoms with van der Waals surface area (Å²) >= 11 is 0. The van der Waals surface area contributed by atoms with Gasteiger partial charge in [0, 0.05) is 38.3 Å². The molecule has 2 heterocycles. The molecule has 0 radical (unpaired) electrons. The normalized spacial score (nSPS) is 34.3. The Bertz CT molecular complexity index is 529. The number of aromatic nitrogens is 2. The quantitative estimate of drug-likeness (QED) is 0.921. The van der Waals surface area contributed by atoms with Crippen LogP contribution in [0.5, 0.6) is 0 Å². The van der Waals surface area contributed by atoms with Crippen LogP contribution in [0.4, 0.5) is 0 Å². The number of aryl methyl sites for hydroxylation is 2. The molecule has 1 aliphatic heterocycles. The molecule has 3 aliphatic rings. The smallest absolute Gasteiger partial charge is 0.0597 e. The van der Waals surface area contributed by atoms with Crippen molar-refractivity contribution in [3.63, 3.8) is 0 Å². The molecular weight excluding hydrogens is 260 g/mol. The number of rotatable bonds is 4. The summed E-state index contributed by atoms with van der Waals surface area (Å²) in [4.78, 5) is 2.75. The van der Waals surface area contributed by atoms with E-state index in [0.29, 0.717) is 5.54 Å². The van der Waals surface area contributed by atoms with Gasteiger partial charge in [-0.05, 0) is 57.4 Å². The predicted molar refractivity (Wildman–Crippen MR) is 84.0 cm³/mol. The maximum absolute atomic E-state index is 4.52. The number of hydrogen-bond acceptors (Lipinski definition) is 3. The van der Waals surface area contributed by atoms with E-state index in [1.807, 2.05) is 0 Å². The van der Waals surface area contributed by atoms with Crippen LogP contribution in [0.3, 0.4) is 0 Å². The second kappa shape index (κ2) is 4.82. The topological polar surface area (TPSA) is 33.1 Å². The van der Waals surface area contributed by atoms with Crippen molar-refractivity contribution in [2.45, 2.75) is 57.7 Å². The fourth-order valence-corrected chi connectivity index (χ4v) is 4.20. The molecule has 1 saturated heterocycles. The van der Waals surface area contributed by atoms with Crippen molar-refractivity contribution in [2.75, 3.05) is 13.1 Å². The predicted octanol–water partition coefficient (Wildman–Crippen LogP) is 2.08. The van der Waals surface area contributed by atoms with Crippen LogP contribution in [0.15, 0.2) is 6.07 Å². The summed E-state index contributed by atoms with van der Waals surface area (Å²) in [6.07, 6.45) is 5.67. The van der Waals surface area contributed by atoms with Gasteiger partial charge >= 0.3 is 0 Å². The molecule has 21 heavy (non-hydrogen) atoms. The summed E-state index contributed by atoms with van der Waals surface area (Å²) in [6, 6.07) is 2.98. The van der Waals surface area contributed by atoms with Gasteiger partial charge in [0.05, 0.1) is 11.4 Å². The monoisotopic (exact) mass is 288 g/mol. The van der Waals surface area contributed by atoms with Crippen LogP contribution < -0.4 is 5.32 Å². The lowest BCUT2D eigenvalue weighted by Gasteiger charge is -2.47. The molecule has 1 N–H and O–H groups in total. The van der Waals surface area contributed by atoms with Crippen LogP contribution in [0, 0.1) is 18.8 Å². The molecule has 1 aromatic rings. The lowest BCUT2D eigenvalue weighted by atomic mass is 9.89. The van der Waals surface area contributed by atoms with Crippen molar-refractivity contribution in [2.24, 2.45) is 18.9 Å². The lowest BCUT2D eigenvalue weighted by molar-refractivity contribution is 0.0559. The van der Waals surface area contributed by atoms with Gasteiger partial charge < -0.3 is 5.32 Å². The molecule has 4 heteroatoms. The second-order valence-electron chi connectivity index (χ2n) is 7.78. The van der Waals surface area contributed by atoms with Crippen molar-refractivity contribution in [1.82, 2.24) is 20.0 Å². The van der Waals surface area contributed by atoms with Gasteiger partial charge in [-0.25, -0.2) is 0 Å². The maximum Gasteiger partial charge on any atom is 0.0597 e. The molecule has 0 aromatic carbocycles. The van der Waals surface area contributed by atoms with Crippen LogP contribution in [-0.2, 0) is 13.6 Å². The third kappa shape index (κ3) is 2.64. The lowest BCUT2D eigenvalue weighted by Crippen LogP contribution is -2.64. The van der Waals surface area contributed by atoms with Gasteiger partial charge in [-0.15, -0.1) is 0 Å². The summed E-state index contributed by atoms with van der Waals surface area (Å²) in [5.41, 5.74) is 2.83. The third-order valence-corrected chi connectivity index (χ3v) is 5.82. The highest BCUT2D eigenvalue weighted by Crippen LogP contribution is 2.44. The minimum Gasteiger partial charge on any atom is -0.308 e. The van der Waals surface area contributed by atoms with Gasteiger partial charge in [0.2, 0.25) is 0 Å². The number of nitrogens with zero attached hydrogens (tertiary/aromatic N) is 3. The molecule has 0 amide bonds. The molecule has 4 nitrogen and oxygen atoms in total. The number of piperazine rings is 1. The molecule has 2 unspecified atom stereocenters. The minimum absolute atomic E-state index is 0.332. The van der Waals surface area contributed by atoms with Crippen molar-refractivity contribution in [1.29, 1.82) is 0 Å². The van der Waals surface area contributed by atoms with Crippen molar-refractivity contribution in [3.8, 4) is 0 Å². The summed E-state index contributed by atoms with van der Waals surface area (Å²) < 4.78 is 2.07. The highest BCUT2D eigenvalue weighted by molar-refractivity contribution is 5.12. The Balaban J connectivity index is 1.54. The Morgan fingerprint density at radius 1 is 1.33 bits per heavy atom. The third-order valence-electron chi connectivity index (χ3n) is 5.82. The average molecular weight is 288 g/mol. The largest absolute Gasteiger partial charge is 0.308 e. The van der Waals surface area contributed by atoms with Gasteiger partial charge in [0.1, 0.15) is 0 Å². The molecule has 2 atom stereocenters. The first-order valence-electron chi connectivity index (χ1n) is 8.54. The van der Waals surface area contributed by atoms with Gasteiger partial charge in [0.15, 0.2) is 0 Å². The Hall–Kier alpha value is -0.870. The zero-order chi connectivity index (χ0) is 14.6. The molecule has 1 aromatic heterocycles. The molecule has 2 saturated carbocycles. The standard InChI is InChI=1S/C17H28N4/c1-12-8-15(20(3)19-12)10-21-11-17(2,14-6-7-14)18-9-16(21)13-4-5-13/h8,13-14,16,18H,4-7,9-11H2,1-3H3. The van der Waals surface area contributed by atoms with E-state index in [0.717, 1.165) is 30.1 Å². The van der Waals surface area contributed by atoms with Crippen LogP contribution in [0.25, 0.3) is 0 Å². The molecule has 0 spiro atoms. The maximum atomic E-state index is 4.52. The molecule has 0 bridgehead atoms. The van der Waals surface area contributed by atoms with Crippen LogP contribution in [0.2, 0.25) is 0 Å². The van der Waals surface area contributed by atoms with E-state index in [4.69, 9.17) is 0 Å². The van der Waals surface area contributed by atoms with E-state index in [-0.39, 0.29) is 0 Å². The van der Waals surface area contributed by atoms with E-state index in [2.05, 4.69) is 47.0 Å². The average Bonchev–Trinajstić information content (AvgIpc) is 3.30. The van der Waals surface area contributed by atoms with Crippen LogP contribution in [-0.4, -0.2) is 39.4 Å². The van der Waals surface area contributed by atoms with E-state index < -0.39 is 0 Å². The van der Waals surface area contributed by atoms with E-state index >= 15 is 0 Å². The Kier molecular flexibility index (Phi) is 3.16. The molecular formula is C17H28N4. The molecule has 3 fully saturated rings. The van der Waals surface area contributed by atoms with Crippen molar-refractivity contribution >= 4 is 0 Å². The number of hydrogen-bond donors (Lipinski definition) is 1. The van der Waals surface area contributed by atoms with Gasteiger partial charge in [-0.2, -0.15) is 5.10 Å². The Morgan fingerprint density at radius 2 is 2.10 bits per heavy atom. The molecule has 2 aliphatic carbocycles. The number of nitrogens with one attached hydrogen (secondary N) is 1. The van der Waals surface area contributed by atoms with Gasteiger partial charge in [-0.3, -0.25) is 9.58 Å². The Morgan fingerprint density at radius 3 is 2.67 bits per heavy atom. The molecule has 4 rings (SSSR count). The molecule has 116 valence electrons. The second-order valence-corrected chi connectivity index (χ2v) is 7.78. The summed E-state index contributed by atoms with van der Waals surface area (Å²) in [5, 5.41) is 8.42. The highest BCUT2D eigenvalue weighted by Gasteiger charge is 2.48. The SMILES string of the molecule is Cc1cc(CN2CC(C)(C3CC3)NCC2C2CC2)n(C)n1. The van der Waals surface area contributed by atoms with Crippen LogP contribution in [0.1, 0.15) is 44.0 Å². The summed E-state index contributed by atoms with van der Waals surface area (Å²) in [6.45, 7) is 7.96. The first-order valence-corrected chi connectivity index (χ1v) is 8.54. The minimum atomic E-state index is 0.332. The first kappa shape index (κ1) is 13.8. The van der Waals surface area contributed by atoms with E-state index in [9.17, 15) is 0 Å². The zero-order valence-corrected chi connectivity index (χ0v) is 13.6. The fourth-order valence-electron chi connectivity index (χ4n) is 4.20. The van der Waals surface area contributed by atoms with Crippen molar-refractivity contribution < 1.29 is 0 Å². The van der Waals surface area contributed by atoms with E-state index in [1.165, 1.54) is 44.5 Å². The Labute approximate surface area is 127 Å². The zero-order valence-electron chi connectivity index (χ0n) is 13.6. The summed E-state index contributed by atoms with van der Waals surface area (Å²) in [5.74, 6) is 1.82. The van der Waals surface area contributed by atoms with Gasteiger partial charge in [-0.1, -0.05) is 0 Å². The highest BCUT2D eigenvalue weighted by atomic mass is 15.3. The fraction of sp³-hybridized carbons (Fsp3) is 0.824. The van der Waals surface area contributed by atoms with Gasteiger partial charge in [0.25, 0.3) is 0 Å². The van der Waals surface area contributed by atoms with Crippen LogP contribution >= 0.6 is 0 Å².